The van der Waals surface area contributed by atoms with Crippen molar-refractivity contribution in [3.05, 3.63) is 29.6 Å². The molecular formula is C11H17FN2O2S. The summed E-state index contributed by atoms with van der Waals surface area (Å²) >= 11 is 0. The van der Waals surface area contributed by atoms with Crippen LogP contribution in [0.25, 0.3) is 0 Å². The monoisotopic (exact) mass is 260 g/mol. The third-order valence-electron chi connectivity index (χ3n) is 2.06. The number of hydrogen-bond acceptors (Lipinski definition) is 3. The Morgan fingerprint density at radius 3 is 2.47 bits per heavy atom. The van der Waals surface area contributed by atoms with Gasteiger partial charge in [-0.05, 0) is 38.6 Å². The molecule has 0 saturated carbocycles. The molecule has 4 nitrogen and oxygen atoms in total. The Balaban J connectivity index is 3.07. The molecule has 0 radical (unpaired) electrons. The van der Waals surface area contributed by atoms with Gasteiger partial charge >= 0.3 is 0 Å². The van der Waals surface area contributed by atoms with Crippen molar-refractivity contribution in [3.63, 3.8) is 0 Å². The zero-order valence-corrected chi connectivity index (χ0v) is 10.9. The van der Waals surface area contributed by atoms with Crippen molar-refractivity contribution in [2.24, 2.45) is 0 Å². The van der Waals surface area contributed by atoms with Crippen LogP contribution in [0.1, 0.15) is 19.4 Å². The van der Waals surface area contributed by atoms with Gasteiger partial charge in [0, 0.05) is 12.6 Å². The van der Waals surface area contributed by atoms with E-state index in [1.54, 1.807) is 27.0 Å². The maximum absolute atomic E-state index is 13.7. The quantitative estimate of drug-likeness (QED) is 0.837. The molecule has 1 aromatic carbocycles. The highest BCUT2D eigenvalue weighted by Crippen LogP contribution is 2.16. The van der Waals surface area contributed by atoms with Crippen molar-refractivity contribution in [1.82, 2.24) is 10.0 Å². The number of sulfonamides is 1. The van der Waals surface area contributed by atoms with Gasteiger partial charge in [-0.1, -0.05) is 6.07 Å². The van der Waals surface area contributed by atoms with E-state index >= 15 is 0 Å². The van der Waals surface area contributed by atoms with Crippen molar-refractivity contribution in [3.8, 4) is 0 Å². The fraction of sp³-hybridized carbons (Fsp3) is 0.455. The number of nitrogens with one attached hydrogen (secondary N) is 2. The summed E-state index contributed by atoms with van der Waals surface area (Å²) in [6.45, 7) is 3.87. The molecular weight excluding hydrogens is 243 g/mol. The second-order valence-electron chi connectivity index (χ2n) is 4.07. The first-order chi connectivity index (χ1) is 7.86. The SMILES string of the molecule is CNCc1ccc(S(=O)(=O)NC(C)C)c(F)c1. The lowest BCUT2D eigenvalue weighted by Crippen LogP contribution is -2.30. The van der Waals surface area contributed by atoms with Crippen LogP contribution in [0, 0.1) is 5.82 Å². The van der Waals surface area contributed by atoms with Gasteiger partial charge in [-0.2, -0.15) is 0 Å². The Morgan fingerprint density at radius 2 is 2.00 bits per heavy atom. The van der Waals surface area contributed by atoms with Crippen molar-refractivity contribution < 1.29 is 12.8 Å². The van der Waals surface area contributed by atoms with Crippen LogP contribution in [-0.4, -0.2) is 21.5 Å². The maximum Gasteiger partial charge on any atom is 0.243 e. The molecule has 0 spiro atoms. The molecule has 0 aromatic heterocycles. The minimum atomic E-state index is -3.77. The predicted octanol–water partition coefficient (Wildman–Crippen LogP) is 1.23. The van der Waals surface area contributed by atoms with E-state index in [4.69, 9.17) is 0 Å². The summed E-state index contributed by atoms with van der Waals surface area (Å²) in [5.41, 5.74) is 0.702. The zero-order valence-electron chi connectivity index (χ0n) is 10.1. The summed E-state index contributed by atoms with van der Waals surface area (Å²) < 4.78 is 39.5. The summed E-state index contributed by atoms with van der Waals surface area (Å²) in [5, 5.41) is 2.87. The Bertz CT molecular complexity index is 486. The van der Waals surface area contributed by atoms with E-state index in [0.29, 0.717) is 12.1 Å². The summed E-state index contributed by atoms with van der Waals surface area (Å²) in [6, 6.07) is 3.84. The van der Waals surface area contributed by atoms with Gasteiger partial charge in [-0.25, -0.2) is 17.5 Å². The largest absolute Gasteiger partial charge is 0.316 e. The molecule has 6 heteroatoms. The van der Waals surface area contributed by atoms with Crippen molar-refractivity contribution in [1.29, 1.82) is 0 Å². The molecule has 17 heavy (non-hydrogen) atoms. The third-order valence-corrected chi connectivity index (χ3v) is 3.75. The third kappa shape index (κ3) is 3.76. The van der Waals surface area contributed by atoms with Gasteiger partial charge in [0.2, 0.25) is 10.0 Å². The molecule has 96 valence electrons. The Morgan fingerprint density at radius 1 is 1.35 bits per heavy atom. The molecule has 2 N–H and O–H groups in total. The van der Waals surface area contributed by atoms with Gasteiger partial charge in [-0.3, -0.25) is 0 Å². The molecule has 1 aromatic rings. The molecule has 0 fully saturated rings. The molecule has 1 rings (SSSR count). The molecule has 0 aliphatic heterocycles. The first-order valence-electron chi connectivity index (χ1n) is 5.32. The normalized spacial score (nSPS) is 12.1. The minimum Gasteiger partial charge on any atom is -0.316 e. The van der Waals surface area contributed by atoms with Crippen molar-refractivity contribution in [2.45, 2.75) is 31.3 Å². The van der Waals surface area contributed by atoms with Gasteiger partial charge in [0.05, 0.1) is 0 Å². The Labute approximate surface area is 101 Å². The Hall–Kier alpha value is -0.980. The lowest BCUT2D eigenvalue weighted by molar-refractivity contribution is 0.548. The van der Waals surface area contributed by atoms with Gasteiger partial charge in [-0.15, -0.1) is 0 Å². The van der Waals surface area contributed by atoms with Crippen LogP contribution in [0.15, 0.2) is 23.1 Å². The van der Waals surface area contributed by atoms with E-state index in [2.05, 4.69) is 10.0 Å². The van der Waals surface area contributed by atoms with Crippen LogP contribution in [-0.2, 0) is 16.6 Å². The molecule has 0 atom stereocenters. The van der Waals surface area contributed by atoms with Gasteiger partial charge < -0.3 is 5.32 Å². The molecule has 0 heterocycles. The second-order valence-corrected chi connectivity index (χ2v) is 5.75. The summed E-state index contributed by atoms with van der Waals surface area (Å²) in [6.07, 6.45) is 0. The standard InChI is InChI=1S/C11H17FN2O2S/c1-8(2)14-17(15,16)11-5-4-9(7-13-3)6-10(11)12/h4-6,8,13-14H,7H2,1-3H3. The number of benzene rings is 1. The molecule has 0 saturated heterocycles. The molecule has 0 amide bonds. The van der Waals surface area contributed by atoms with Gasteiger partial charge in [0.25, 0.3) is 0 Å². The van der Waals surface area contributed by atoms with Crippen LogP contribution in [0.4, 0.5) is 4.39 Å². The van der Waals surface area contributed by atoms with E-state index in [-0.39, 0.29) is 10.9 Å². The Kier molecular flexibility index (Phi) is 4.62. The first kappa shape index (κ1) is 14.1. The van der Waals surface area contributed by atoms with Gasteiger partial charge in [0.1, 0.15) is 10.7 Å². The lowest BCUT2D eigenvalue weighted by Gasteiger charge is -2.11. The summed E-state index contributed by atoms with van der Waals surface area (Å²) in [5.74, 6) is -0.731. The number of hydrogen-bond donors (Lipinski definition) is 2. The van der Waals surface area contributed by atoms with Crippen molar-refractivity contribution >= 4 is 10.0 Å². The molecule has 0 bridgehead atoms. The fourth-order valence-electron chi connectivity index (χ4n) is 1.45. The number of rotatable bonds is 5. The summed E-state index contributed by atoms with van der Waals surface area (Å²) in [4.78, 5) is -0.314. The molecule has 0 aliphatic carbocycles. The molecule has 0 aliphatic rings. The van der Waals surface area contributed by atoms with E-state index < -0.39 is 15.8 Å². The van der Waals surface area contributed by atoms with Crippen LogP contribution in [0.2, 0.25) is 0 Å². The highest BCUT2D eigenvalue weighted by molar-refractivity contribution is 7.89. The highest BCUT2D eigenvalue weighted by Gasteiger charge is 2.19. The van der Waals surface area contributed by atoms with E-state index in [1.807, 2.05) is 0 Å². The van der Waals surface area contributed by atoms with E-state index in [1.165, 1.54) is 12.1 Å². The average molecular weight is 260 g/mol. The van der Waals surface area contributed by atoms with E-state index in [9.17, 15) is 12.8 Å². The predicted molar refractivity (Wildman–Crippen MR) is 64.6 cm³/mol. The van der Waals surface area contributed by atoms with Crippen LogP contribution in [0.5, 0.6) is 0 Å². The fourth-order valence-corrected chi connectivity index (χ4v) is 2.76. The lowest BCUT2D eigenvalue weighted by atomic mass is 10.2. The van der Waals surface area contributed by atoms with Crippen LogP contribution < -0.4 is 10.0 Å². The van der Waals surface area contributed by atoms with Gasteiger partial charge in [0.15, 0.2) is 0 Å². The first-order valence-corrected chi connectivity index (χ1v) is 6.80. The minimum absolute atomic E-state index is 0.267. The van der Waals surface area contributed by atoms with Crippen molar-refractivity contribution in [2.75, 3.05) is 7.05 Å². The topological polar surface area (TPSA) is 58.2 Å². The summed E-state index contributed by atoms with van der Waals surface area (Å²) in [7, 11) is -2.03. The van der Waals surface area contributed by atoms with Crippen LogP contribution >= 0.6 is 0 Å². The second kappa shape index (κ2) is 5.57. The highest BCUT2D eigenvalue weighted by atomic mass is 32.2. The average Bonchev–Trinajstić information content (AvgIpc) is 2.15. The van der Waals surface area contributed by atoms with Crippen LogP contribution in [0.3, 0.4) is 0 Å². The smallest absolute Gasteiger partial charge is 0.243 e. The number of halogens is 1. The zero-order chi connectivity index (χ0) is 13.1. The van der Waals surface area contributed by atoms with E-state index in [0.717, 1.165) is 0 Å². The molecule has 0 unspecified atom stereocenters. The maximum atomic E-state index is 13.7.